The lowest BCUT2D eigenvalue weighted by Crippen LogP contribution is -2.03. The lowest BCUT2D eigenvalue weighted by atomic mass is 10.0. The zero-order chi connectivity index (χ0) is 13.3. The van der Waals surface area contributed by atoms with Crippen molar-refractivity contribution in [3.8, 4) is 0 Å². The van der Waals surface area contributed by atoms with Crippen LogP contribution in [0, 0.1) is 0 Å². The molecule has 0 aliphatic carbocycles. The fourth-order valence-corrected chi connectivity index (χ4v) is 2.74. The number of benzene rings is 2. The molecule has 92 valence electrons. The Balaban J connectivity index is 2.55. The van der Waals surface area contributed by atoms with Crippen LogP contribution in [0.2, 0.25) is 10.0 Å². The standard InChI is InChI=1S/C13H6Br2Cl2O/c14-11-7(3-1-5-9(11)16)13(18)8-4-2-6-10(17)12(8)15/h1-6H. The van der Waals surface area contributed by atoms with E-state index in [4.69, 9.17) is 23.2 Å². The largest absolute Gasteiger partial charge is 0.289 e. The molecule has 0 heterocycles. The van der Waals surface area contributed by atoms with Gasteiger partial charge in [0.15, 0.2) is 5.78 Å². The van der Waals surface area contributed by atoms with Crippen LogP contribution in [0.1, 0.15) is 15.9 Å². The molecule has 2 rings (SSSR count). The van der Waals surface area contributed by atoms with Crippen molar-refractivity contribution >= 4 is 60.8 Å². The predicted molar refractivity (Wildman–Crippen MR) is 81.7 cm³/mol. The smallest absolute Gasteiger partial charge is 0.195 e. The van der Waals surface area contributed by atoms with Crippen LogP contribution in [0.25, 0.3) is 0 Å². The molecule has 0 aliphatic heterocycles. The highest BCUT2D eigenvalue weighted by Gasteiger charge is 2.17. The van der Waals surface area contributed by atoms with E-state index in [1.54, 1.807) is 36.4 Å². The summed E-state index contributed by atoms with van der Waals surface area (Å²) in [5.74, 6) is -0.140. The quantitative estimate of drug-likeness (QED) is 0.578. The van der Waals surface area contributed by atoms with E-state index in [1.165, 1.54) is 0 Å². The van der Waals surface area contributed by atoms with E-state index >= 15 is 0 Å². The number of hydrogen-bond donors (Lipinski definition) is 0. The summed E-state index contributed by atoms with van der Waals surface area (Å²) in [5.41, 5.74) is 1.01. The van der Waals surface area contributed by atoms with Crippen LogP contribution in [0.5, 0.6) is 0 Å². The van der Waals surface area contributed by atoms with Crippen LogP contribution in [0.4, 0.5) is 0 Å². The van der Waals surface area contributed by atoms with Gasteiger partial charge in [0, 0.05) is 20.1 Å². The van der Waals surface area contributed by atoms with Gasteiger partial charge in [-0.05, 0) is 56.1 Å². The summed E-state index contributed by atoms with van der Waals surface area (Å²) in [6.07, 6.45) is 0. The number of ketones is 1. The Bertz CT molecular complexity index is 573. The molecular weight excluding hydrogens is 403 g/mol. The molecule has 0 saturated carbocycles. The monoisotopic (exact) mass is 406 g/mol. The fraction of sp³-hybridized carbons (Fsp3) is 0. The molecule has 0 unspecified atom stereocenters. The maximum absolute atomic E-state index is 12.4. The fourth-order valence-electron chi connectivity index (χ4n) is 1.50. The first-order valence-electron chi connectivity index (χ1n) is 4.95. The Hall–Kier alpha value is -0.350. The normalized spacial score (nSPS) is 10.4. The first-order chi connectivity index (χ1) is 8.52. The van der Waals surface area contributed by atoms with E-state index in [9.17, 15) is 4.79 Å². The summed E-state index contributed by atoms with van der Waals surface area (Å²) in [6, 6.07) is 10.3. The topological polar surface area (TPSA) is 17.1 Å². The summed E-state index contributed by atoms with van der Waals surface area (Å²) in [4.78, 5) is 12.4. The van der Waals surface area contributed by atoms with Gasteiger partial charge in [-0.3, -0.25) is 4.79 Å². The summed E-state index contributed by atoms with van der Waals surface area (Å²) in [5, 5.41) is 0.998. The molecule has 2 aromatic rings. The third kappa shape index (κ3) is 2.64. The number of carbonyl (C=O) groups is 1. The van der Waals surface area contributed by atoms with Crippen LogP contribution >= 0.6 is 55.1 Å². The van der Waals surface area contributed by atoms with Crippen molar-refractivity contribution in [2.75, 3.05) is 0 Å². The van der Waals surface area contributed by atoms with Gasteiger partial charge in [0.2, 0.25) is 0 Å². The van der Waals surface area contributed by atoms with E-state index in [1.807, 2.05) is 0 Å². The second-order valence-electron chi connectivity index (χ2n) is 3.53. The minimum absolute atomic E-state index is 0.140. The van der Waals surface area contributed by atoms with Gasteiger partial charge < -0.3 is 0 Å². The minimum atomic E-state index is -0.140. The van der Waals surface area contributed by atoms with Crippen molar-refractivity contribution in [1.29, 1.82) is 0 Å². The Kier molecular flexibility index (Phi) is 4.49. The molecule has 0 saturated heterocycles. The number of carbonyl (C=O) groups excluding carboxylic acids is 1. The van der Waals surface area contributed by atoms with Crippen LogP contribution in [-0.4, -0.2) is 5.78 Å². The molecule has 0 aromatic heterocycles. The lowest BCUT2D eigenvalue weighted by Gasteiger charge is -2.07. The average Bonchev–Trinajstić information content (AvgIpc) is 2.35. The second kappa shape index (κ2) is 5.74. The van der Waals surface area contributed by atoms with Gasteiger partial charge >= 0.3 is 0 Å². The van der Waals surface area contributed by atoms with Crippen LogP contribution < -0.4 is 0 Å². The van der Waals surface area contributed by atoms with E-state index in [-0.39, 0.29) is 5.78 Å². The van der Waals surface area contributed by atoms with Crippen molar-refractivity contribution in [3.05, 3.63) is 66.5 Å². The molecule has 0 atom stereocenters. The van der Waals surface area contributed by atoms with Gasteiger partial charge in [-0.2, -0.15) is 0 Å². The maximum atomic E-state index is 12.4. The maximum Gasteiger partial charge on any atom is 0.195 e. The van der Waals surface area contributed by atoms with Gasteiger partial charge in [-0.25, -0.2) is 0 Å². The SMILES string of the molecule is O=C(c1cccc(Cl)c1Br)c1cccc(Cl)c1Br. The highest BCUT2D eigenvalue weighted by atomic mass is 79.9. The predicted octanol–water partition coefficient (Wildman–Crippen LogP) is 5.75. The van der Waals surface area contributed by atoms with Gasteiger partial charge in [-0.1, -0.05) is 35.3 Å². The highest BCUT2D eigenvalue weighted by molar-refractivity contribution is 9.11. The van der Waals surface area contributed by atoms with Gasteiger partial charge in [0.25, 0.3) is 0 Å². The van der Waals surface area contributed by atoms with Crippen LogP contribution in [-0.2, 0) is 0 Å². The molecule has 0 spiro atoms. The van der Waals surface area contributed by atoms with Gasteiger partial charge in [-0.15, -0.1) is 0 Å². The molecular formula is C13H6Br2Cl2O. The molecule has 2 aromatic carbocycles. The molecule has 0 radical (unpaired) electrons. The Morgan fingerprint density at radius 1 is 0.833 bits per heavy atom. The first kappa shape index (κ1) is 14.1. The summed E-state index contributed by atoms with van der Waals surface area (Å²) in [6.45, 7) is 0. The Labute approximate surface area is 131 Å². The van der Waals surface area contributed by atoms with Crippen molar-refractivity contribution in [2.45, 2.75) is 0 Å². The minimum Gasteiger partial charge on any atom is -0.289 e. The molecule has 5 heteroatoms. The van der Waals surface area contributed by atoms with Crippen molar-refractivity contribution in [3.63, 3.8) is 0 Å². The number of rotatable bonds is 2. The summed E-state index contributed by atoms with van der Waals surface area (Å²) in [7, 11) is 0. The van der Waals surface area contributed by atoms with Crippen molar-refractivity contribution in [2.24, 2.45) is 0 Å². The summed E-state index contributed by atoms with van der Waals surface area (Å²) < 4.78 is 1.17. The van der Waals surface area contributed by atoms with Crippen LogP contribution in [0.3, 0.4) is 0 Å². The zero-order valence-electron chi connectivity index (χ0n) is 8.88. The molecule has 0 N–H and O–H groups in total. The Morgan fingerprint density at radius 2 is 1.22 bits per heavy atom. The number of halogens is 4. The third-order valence-electron chi connectivity index (χ3n) is 2.39. The molecule has 0 bridgehead atoms. The Morgan fingerprint density at radius 3 is 1.61 bits per heavy atom. The second-order valence-corrected chi connectivity index (χ2v) is 5.93. The molecule has 0 amide bonds. The van der Waals surface area contributed by atoms with Crippen molar-refractivity contribution in [1.82, 2.24) is 0 Å². The molecule has 1 nitrogen and oxygen atoms in total. The van der Waals surface area contributed by atoms with E-state index in [2.05, 4.69) is 31.9 Å². The number of hydrogen-bond acceptors (Lipinski definition) is 1. The van der Waals surface area contributed by atoms with Gasteiger partial charge in [0.05, 0.1) is 10.0 Å². The van der Waals surface area contributed by atoms with E-state index < -0.39 is 0 Å². The van der Waals surface area contributed by atoms with E-state index in [0.29, 0.717) is 30.1 Å². The first-order valence-corrected chi connectivity index (χ1v) is 7.29. The van der Waals surface area contributed by atoms with Crippen LogP contribution in [0.15, 0.2) is 45.3 Å². The van der Waals surface area contributed by atoms with Gasteiger partial charge in [0.1, 0.15) is 0 Å². The third-order valence-corrected chi connectivity index (χ3v) is 5.19. The van der Waals surface area contributed by atoms with Crippen molar-refractivity contribution < 1.29 is 4.79 Å². The molecule has 18 heavy (non-hydrogen) atoms. The molecule has 0 aliphatic rings. The lowest BCUT2D eigenvalue weighted by molar-refractivity contribution is 0.103. The highest BCUT2D eigenvalue weighted by Crippen LogP contribution is 2.32. The zero-order valence-corrected chi connectivity index (χ0v) is 13.6. The molecule has 0 fully saturated rings. The summed E-state index contributed by atoms with van der Waals surface area (Å²) >= 11 is 18.6. The average molecular weight is 409 g/mol. The van der Waals surface area contributed by atoms with E-state index in [0.717, 1.165) is 0 Å².